The first-order valence-corrected chi connectivity index (χ1v) is 9.06. The summed E-state index contributed by atoms with van der Waals surface area (Å²) in [6, 6.07) is 0.365. The number of carbonyl (C=O) groups excluding carboxylic acids is 1. The fraction of sp³-hybridized carbons (Fsp3) is 0.824. The van der Waals surface area contributed by atoms with Gasteiger partial charge < -0.3 is 10.6 Å². The van der Waals surface area contributed by atoms with E-state index in [1.165, 1.54) is 25.7 Å². The van der Waals surface area contributed by atoms with Crippen molar-refractivity contribution in [1.29, 1.82) is 0 Å². The Hall–Kier alpha value is -1.43. The van der Waals surface area contributed by atoms with Crippen LogP contribution in [-0.2, 0) is 0 Å². The van der Waals surface area contributed by atoms with Gasteiger partial charge in [0.1, 0.15) is 0 Å². The Morgan fingerprint density at radius 1 is 1.30 bits per heavy atom. The van der Waals surface area contributed by atoms with Gasteiger partial charge in [-0.15, -0.1) is 5.10 Å². The van der Waals surface area contributed by atoms with Crippen LogP contribution in [0.4, 0.5) is 0 Å². The number of nitrogens with zero attached hydrogens (tertiary/aromatic N) is 3. The van der Waals surface area contributed by atoms with Crippen LogP contribution in [0.2, 0.25) is 0 Å². The maximum Gasteiger partial charge on any atom is 0.273 e. The van der Waals surface area contributed by atoms with Gasteiger partial charge >= 0.3 is 0 Å². The smallest absolute Gasteiger partial charge is 0.273 e. The molecule has 3 rings (SSSR count). The molecular weight excluding hydrogens is 290 g/mol. The van der Waals surface area contributed by atoms with Crippen LogP contribution in [0, 0.1) is 18.8 Å². The molecule has 6 nitrogen and oxygen atoms in total. The van der Waals surface area contributed by atoms with Crippen molar-refractivity contribution < 1.29 is 4.79 Å². The van der Waals surface area contributed by atoms with Crippen molar-refractivity contribution in [2.24, 2.45) is 11.8 Å². The molecule has 6 heteroatoms. The molecule has 1 amide bonds. The largest absolute Gasteiger partial charge is 0.350 e. The fourth-order valence-corrected chi connectivity index (χ4v) is 4.01. The molecule has 2 atom stereocenters. The summed E-state index contributed by atoms with van der Waals surface area (Å²) in [5, 5.41) is 14.8. The van der Waals surface area contributed by atoms with Crippen LogP contribution in [0.3, 0.4) is 0 Å². The van der Waals surface area contributed by atoms with Crippen molar-refractivity contribution in [2.45, 2.75) is 58.4 Å². The number of carbonyl (C=O) groups is 1. The lowest BCUT2D eigenvalue weighted by atomic mass is 9.82. The number of nitrogens with one attached hydrogen (secondary N) is 2. The number of aromatic nitrogens is 3. The summed E-state index contributed by atoms with van der Waals surface area (Å²) >= 11 is 0. The molecule has 1 aliphatic carbocycles. The molecule has 1 aliphatic heterocycles. The predicted octanol–water partition coefficient (Wildman–Crippen LogP) is 2.07. The number of hydrogen-bond donors (Lipinski definition) is 2. The summed E-state index contributed by atoms with van der Waals surface area (Å²) in [6.45, 7) is 7.04. The third kappa shape index (κ3) is 3.91. The predicted molar refractivity (Wildman–Crippen MR) is 89.4 cm³/mol. The van der Waals surface area contributed by atoms with Gasteiger partial charge in [-0.3, -0.25) is 4.79 Å². The average Bonchev–Trinajstić information content (AvgIpc) is 2.95. The SMILES string of the molecule is Cc1c(C(=O)NC[C@@H]2CCC[C@@H](C)C2)nnn1C1CCNCC1. The van der Waals surface area contributed by atoms with Gasteiger partial charge in [-0.1, -0.05) is 25.0 Å². The summed E-state index contributed by atoms with van der Waals surface area (Å²) in [5.74, 6) is 1.33. The van der Waals surface area contributed by atoms with Crippen LogP contribution in [-0.4, -0.2) is 40.5 Å². The van der Waals surface area contributed by atoms with E-state index >= 15 is 0 Å². The van der Waals surface area contributed by atoms with Crippen molar-refractivity contribution in [3.8, 4) is 0 Å². The third-order valence-electron chi connectivity index (χ3n) is 5.39. The van der Waals surface area contributed by atoms with E-state index in [2.05, 4.69) is 27.9 Å². The van der Waals surface area contributed by atoms with E-state index < -0.39 is 0 Å². The molecule has 0 bridgehead atoms. The number of amides is 1. The van der Waals surface area contributed by atoms with E-state index in [0.29, 0.717) is 17.7 Å². The number of hydrogen-bond acceptors (Lipinski definition) is 4. The van der Waals surface area contributed by atoms with Crippen LogP contribution in [0.1, 0.15) is 67.7 Å². The topological polar surface area (TPSA) is 71.8 Å². The summed E-state index contributed by atoms with van der Waals surface area (Å²) in [6.07, 6.45) is 7.16. The maximum absolute atomic E-state index is 12.4. The minimum Gasteiger partial charge on any atom is -0.350 e. The first kappa shape index (κ1) is 16.4. The minimum atomic E-state index is -0.0686. The van der Waals surface area contributed by atoms with E-state index in [9.17, 15) is 4.79 Å². The van der Waals surface area contributed by atoms with Gasteiger partial charge in [0.05, 0.1) is 11.7 Å². The summed E-state index contributed by atoms with van der Waals surface area (Å²) in [4.78, 5) is 12.4. The molecule has 23 heavy (non-hydrogen) atoms. The summed E-state index contributed by atoms with van der Waals surface area (Å²) in [7, 11) is 0. The fourth-order valence-electron chi connectivity index (χ4n) is 4.01. The molecule has 2 aliphatic rings. The van der Waals surface area contributed by atoms with Crippen molar-refractivity contribution in [3.63, 3.8) is 0 Å². The van der Waals surface area contributed by atoms with Crippen LogP contribution < -0.4 is 10.6 Å². The molecule has 1 saturated carbocycles. The zero-order valence-corrected chi connectivity index (χ0v) is 14.3. The molecule has 1 aromatic heterocycles. The van der Waals surface area contributed by atoms with Gasteiger partial charge in [-0.25, -0.2) is 4.68 Å². The van der Waals surface area contributed by atoms with Gasteiger partial charge in [0.15, 0.2) is 5.69 Å². The normalized spacial score (nSPS) is 26.2. The molecule has 0 unspecified atom stereocenters. The first-order valence-electron chi connectivity index (χ1n) is 9.06. The second kappa shape index (κ2) is 7.43. The number of piperidine rings is 1. The first-order chi connectivity index (χ1) is 11.1. The van der Waals surface area contributed by atoms with Gasteiger partial charge in [-0.2, -0.15) is 0 Å². The van der Waals surface area contributed by atoms with Gasteiger partial charge in [-0.05, 0) is 57.5 Å². The van der Waals surface area contributed by atoms with E-state index in [4.69, 9.17) is 0 Å². The lowest BCUT2D eigenvalue weighted by molar-refractivity contribution is 0.0935. The lowest BCUT2D eigenvalue weighted by Crippen LogP contribution is -2.32. The summed E-state index contributed by atoms with van der Waals surface area (Å²) < 4.78 is 1.94. The van der Waals surface area contributed by atoms with E-state index in [1.807, 2.05) is 11.6 Å². The quantitative estimate of drug-likeness (QED) is 0.891. The Morgan fingerprint density at radius 3 is 2.83 bits per heavy atom. The highest BCUT2D eigenvalue weighted by molar-refractivity contribution is 5.93. The molecule has 0 spiro atoms. The zero-order chi connectivity index (χ0) is 16.2. The second-order valence-electron chi connectivity index (χ2n) is 7.30. The highest BCUT2D eigenvalue weighted by atomic mass is 16.2. The molecule has 0 aromatic carbocycles. The van der Waals surface area contributed by atoms with Crippen LogP contribution in [0.5, 0.6) is 0 Å². The van der Waals surface area contributed by atoms with E-state index in [-0.39, 0.29) is 5.91 Å². The molecule has 2 N–H and O–H groups in total. The Balaban J connectivity index is 1.58. The average molecular weight is 319 g/mol. The van der Waals surface area contributed by atoms with Crippen molar-refractivity contribution >= 4 is 5.91 Å². The monoisotopic (exact) mass is 319 g/mol. The number of rotatable bonds is 4. The van der Waals surface area contributed by atoms with Gasteiger partial charge in [0.25, 0.3) is 5.91 Å². The van der Waals surface area contributed by atoms with Crippen molar-refractivity contribution in [3.05, 3.63) is 11.4 Å². The molecule has 1 saturated heterocycles. The van der Waals surface area contributed by atoms with Crippen LogP contribution in [0.15, 0.2) is 0 Å². The highest BCUT2D eigenvalue weighted by Crippen LogP contribution is 2.28. The molecule has 2 fully saturated rings. The van der Waals surface area contributed by atoms with E-state index in [1.54, 1.807) is 0 Å². The Labute approximate surface area is 138 Å². The van der Waals surface area contributed by atoms with Crippen LogP contribution >= 0.6 is 0 Å². The van der Waals surface area contributed by atoms with Gasteiger partial charge in [0, 0.05) is 6.54 Å². The Bertz CT molecular complexity index is 535. The van der Waals surface area contributed by atoms with Crippen LogP contribution in [0.25, 0.3) is 0 Å². The summed E-state index contributed by atoms with van der Waals surface area (Å²) in [5.41, 5.74) is 1.39. The van der Waals surface area contributed by atoms with E-state index in [0.717, 1.165) is 44.1 Å². The highest BCUT2D eigenvalue weighted by Gasteiger charge is 2.24. The zero-order valence-electron chi connectivity index (χ0n) is 14.3. The Morgan fingerprint density at radius 2 is 2.09 bits per heavy atom. The third-order valence-corrected chi connectivity index (χ3v) is 5.39. The Kier molecular flexibility index (Phi) is 5.30. The van der Waals surface area contributed by atoms with Crippen molar-refractivity contribution in [2.75, 3.05) is 19.6 Å². The molecule has 128 valence electrons. The lowest BCUT2D eigenvalue weighted by Gasteiger charge is -2.26. The van der Waals surface area contributed by atoms with Gasteiger partial charge in [0.2, 0.25) is 0 Å². The maximum atomic E-state index is 12.4. The van der Waals surface area contributed by atoms with Crippen molar-refractivity contribution in [1.82, 2.24) is 25.6 Å². The minimum absolute atomic E-state index is 0.0686. The molecule has 2 heterocycles. The molecule has 0 radical (unpaired) electrons. The molecule has 1 aromatic rings. The second-order valence-corrected chi connectivity index (χ2v) is 7.30. The molecular formula is C17H29N5O. The standard InChI is InChI=1S/C17H29N5O/c1-12-4-3-5-14(10-12)11-19-17(23)16-13(2)22(21-20-16)15-6-8-18-9-7-15/h12,14-15,18H,3-11H2,1-2H3,(H,19,23)/t12-,14-/m1/s1.